The minimum atomic E-state index is -2.87. The van der Waals surface area contributed by atoms with Gasteiger partial charge in [-0.2, -0.15) is 11.8 Å². The van der Waals surface area contributed by atoms with E-state index in [0.29, 0.717) is 37.6 Å². The van der Waals surface area contributed by atoms with Gasteiger partial charge in [0.1, 0.15) is 0 Å². The van der Waals surface area contributed by atoms with E-state index in [0.717, 1.165) is 25.7 Å². The summed E-state index contributed by atoms with van der Waals surface area (Å²) in [7, 11) is -2.87. The minimum Gasteiger partial charge on any atom is -0.466 e. The molecule has 0 rings (SSSR count). The SMILES string of the molecule is CCCCCCCCCCCCCOC(=O)CCSCCC(=O)OCCCCCCCCCCCCC.O=[P+](O)O. The van der Waals surface area contributed by atoms with E-state index in [1.807, 2.05) is 0 Å². The van der Waals surface area contributed by atoms with E-state index in [-0.39, 0.29) is 11.9 Å². The van der Waals surface area contributed by atoms with Crippen LogP contribution in [0.4, 0.5) is 0 Å². The number of unbranched alkanes of at least 4 members (excludes halogenated alkanes) is 20. The lowest BCUT2D eigenvalue weighted by molar-refractivity contribution is -0.144. The van der Waals surface area contributed by atoms with Crippen molar-refractivity contribution >= 4 is 32.0 Å². The first kappa shape index (κ1) is 42.4. The second-order valence-corrected chi connectivity index (χ2v) is 12.6. The van der Waals surface area contributed by atoms with Crippen LogP contribution in [0.15, 0.2) is 0 Å². The monoisotopic (exact) mass is 623 g/mol. The van der Waals surface area contributed by atoms with E-state index < -0.39 is 8.25 Å². The Morgan fingerprint density at radius 1 is 0.512 bits per heavy atom. The van der Waals surface area contributed by atoms with Crippen molar-refractivity contribution < 1.29 is 33.4 Å². The average molecular weight is 624 g/mol. The summed E-state index contributed by atoms with van der Waals surface area (Å²) in [5.74, 6) is 1.20. The number of hydrogen-bond donors (Lipinski definition) is 2. The van der Waals surface area contributed by atoms with Crippen molar-refractivity contribution in [2.24, 2.45) is 0 Å². The average Bonchev–Trinajstić information content (AvgIpc) is 2.93. The molecule has 0 spiro atoms. The predicted molar refractivity (Wildman–Crippen MR) is 173 cm³/mol. The highest BCUT2D eigenvalue weighted by molar-refractivity contribution is 7.99. The van der Waals surface area contributed by atoms with E-state index in [2.05, 4.69) is 13.8 Å². The molecule has 0 aliphatic rings. The van der Waals surface area contributed by atoms with Crippen molar-refractivity contribution in [1.82, 2.24) is 0 Å². The summed E-state index contributed by atoms with van der Waals surface area (Å²) >= 11 is 1.63. The Morgan fingerprint density at radius 2 is 0.756 bits per heavy atom. The second-order valence-electron chi connectivity index (χ2n) is 10.9. The highest BCUT2D eigenvalue weighted by Gasteiger charge is 2.06. The van der Waals surface area contributed by atoms with Crippen LogP contribution in [0.1, 0.15) is 168 Å². The van der Waals surface area contributed by atoms with Gasteiger partial charge in [0.2, 0.25) is 0 Å². The maximum Gasteiger partial charge on any atom is 0.692 e. The Bertz CT molecular complexity index is 532. The fourth-order valence-electron chi connectivity index (χ4n) is 4.46. The second kappa shape index (κ2) is 37.3. The van der Waals surface area contributed by atoms with Crippen LogP contribution in [-0.2, 0) is 23.6 Å². The summed E-state index contributed by atoms with van der Waals surface area (Å²) in [6.45, 7) is 5.62. The lowest BCUT2D eigenvalue weighted by atomic mass is 10.1. The van der Waals surface area contributed by atoms with Crippen LogP contribution in [0, 0.1) is 0 Å². The molecule has 0 radical (unpaired) electrons. The number of thioether (sulfide) groups is 1. The van der Waals surface area contributed by atoms with Crippen molar-refractivity contribution in [3.05, 3.63) is 0 Å². The van der Waals surface area contributed by atoms with Crippen LogP contribution in [0.25, 0.3) is 0 Å². The molecule has 41 heavy (non-hydrogen) atoms. The van der Waals surface area contributed by atoms with Crippen molar-refractivity contribution in [2.75, 3.05) is 24.7 Å². The third-order valence-corrected chi connectivity index (χ3v) is 7.91. The molecule has 0 aromatic carbocycles. The summed E-state index contributed by atoms with van der Waals surface area (Å²) in [5.41, 5.74) is 0. The lowest BCUT2D eigenvalue weighted by Gasteiger charge is -2.06. The summed E-state index contributed by atoms with van der Waals surface area (Å²) < 4.78 is 19.4. The third kappa shape index (κ3) is 43.9. The highest BCUT2D eigenvalue weighted by Crippen LogP contribution is 2.13. The van der Waals surface area contributed by atoms with Gasteiger partial charge in [0.05, 0.1) is 26.1 Å². The molecule has 0 heterocycles. The van der Waals surface area contributed by atoms with Crippen LogP contribution in [-0.4, -0.2) is 46.4 Å². The van der Waals surface area contributed by atoms with Crippen LogP contribution >= 0.6 is 20.0 Å². The molecule has 0 unspecified atom stereocenters. The van der Waals surface area contributed by atoms with Crippen LogP contribution < -0.4 is 0 Å². The van der Waals surface area contributed by atoms with Gasteiger partial charge in [-0.05, 0) is 12.8 Å². The fourth-order valence-corrected chi connectivity index (χ4v) is 5.29. The molecule has 0 aromatic heterocycles. The topological polar surface area (TPSA) is 110 Å². The van der Waals surface area contributed by atoms with Gasteiger partial charge in [-0.15, -0.1) is 9.79 Å². The molecule has 7 nitrogen and oxygen atoms in total. The molecule has 0 aliphatic heterocycles. The molecule has 0 aromatic rings. The Morgan fingerprint density at radius 3 is 1.02 bits per heavy atom. The molecule has 0 atom stereocenters. The fraction of sp³-hybridized carbons (Fsp3) is 0.938. The standard InChI is InChI=1S/C32H62O4S.HO3P/c1-3-5-7-9-11-13-15-17-19-21-23-27-35-31(33)25-29-37-30-26-32(34)36-28-24-22-20-18-16-14-12-10-8-6-4-2;1-4(2)3/h3-30H2,1-2H3;(H-,1,2,3)/p+1. The molecule has 0 aliphatic carbocycles. The largest absolute Gasteiger partial charge is 0.692 e. The molecule has 244 valence electrons. The van der Waals surface area contributed by atoms with Crippen molar-refractivity contribution in [1.29, 1.82) is 0 Å². The molecule has 0 saturated carbocycles. The first-order chi connectivity index (χ1) is 19.9. The van der Waals surface area contributed by atoms with Gasteiger partial charge in [-0.1, -0.05) is 142 Å². The molecule has 2 N–H and O–H groups in total. The molecular weight excluding hydrogens is 559 g/mol. The molecule has 0 saturated heterocycles. The smallest absolute Gasteiger partial charge is 0.466 e. The van der Waals surface area contributed by atoms with E-state index in [9.17, 15) is 9.59 Å². The van der Waals surface area contributed by atoms with Gasteiger partial charge >= 0.3 is 20.2 Å². The summed E-state index contributed by atoms with van der Waals surface area (Å²) in [6, 6.07) is 0. The van der Waals surface area contributed by atoms with E-state index >= 15 is 0 Å². The normalized spacial score (nSPS) is 10.6. The number of rotatable bonds is 30. The first-order valence-corrected chi connectivity index (χ1v) is 19.0. The number of esters is 2. The zero-order valence-electron chi connectivity index (χ0n) is 26.6. The van der Waals surface area contributed by atoms with Gasteiger partial charge < -0.3 is 9.47 Å². The number of hydrogen-bond acceptors (Lipinski definition) is 6. The maximum atomic E-state index is 11.8. The summed E-state index contributed by atoms with van der Waals surface area (Å²) in [5, 5.41) is 0. The van der Waals surface area contributed by atoms with Gasteiger partial charge in [0, 0.05) is 16.1 Å². The Labute approximate surface area is 257 Å². The highest BCUT2D eigenvalue weighted by atomic mass is 32.2. The number of ether oxygens (including phenoxy) is 2. The number of carbonyl (C=O) groups is 2. The van der Waals surface area contributed by atoms with Gasteiger partial charge in [0.15, 0.2) is 0 Å². The van der Waals surface area contributed by atoms with Gasteiger partial charge in [0.25, 0.3) is 0 Å². The van der Waals surface area contributed by atoms with Crippen LogP contribution in [0.3, 0.4) is 0 Å². The Kier molecular flexibility index (Phi) is 38.6. The molecule has 0 bridgehead atoms. The maximum absolute atomic E-state index is 11.8. The van der Waals surface area contributed by atoms with Gasteiger partial charge in [-0.25, -0.2) is 0 Å². The quantitative estimate of drug-likeness (QED) is 0.0462. The summed E-state index contributed by atoms with van der Waals surface area (Å²) in [6.07, 6.45) is 29.4. The Hall–Kier alpha value is -0.690. The molecule has 0 amide bonds. The molecule has 0 fully saturated rings. The molecular formula is C32H64O7PS+. The first-order valence-electron chi connectivity index (χ1n) is 16.7. The van der Waals surface area contributed by atoms with Gasteiger partial charge in [-0.3, -0.25) is 9.59 Å². The van der Waals surface area contributed by atoms with E-state index in [1.165, 1.54) is 116 Å². The van der Waals surface area contributed by atoms with Crippen molar-refractivity contribution in [2.45, 2.75) is 168 Å². The van der Waals surface area contributed by atoms with E-state index in [1.54, 1.807) is 11.8 Å². The third-order valence-electron chi connectivity index (χ3n) is 6.92. The van der Waals surface area contributed by atoms with E-state index in [4.69, 9.17) is 23.8 Å². The van der Waals surface area contributed by atoms with Crippen molar-refractivity contribution in [3.63, 3.8) is 0 Å². The Balaban J connectivity index is 0. The predicted octanol–water partition coefficient (Wildman–Crippen LogP) is 9.84. The zero-order chi connectivity index (χ0) is 30.7. The molecule has 9 heteroatoms. The lowest BCUT2D eigenvalue weighted by Crippen LogP contribution is -2.09. The minimum absolute atomic E-state index is 0.112. The van der Waals surface area contributed by atoms with Crippen molar-refractivity contribution in [3.8, 4) is 0 Å². The zero-order valence-corrected chi connectivity index (χ0v) is 28.3. The number of carbonyl (C=O) groups excluding carboxylic acids is 2. The van der Waals surface area contributed by atoms with Crippen LogP contribution in [0.5, 0.6) is 0 Å². The van der Waals surface area contributed by atoms with Crippen LogP contribution in [0.2, 0.25) is 0 Å². The summed E-state index contributed by atoms with van der Waals surface area (Å²) in [4.78, 5) is 37.9.